The summed E-state index contributed by atoms with van der Waals surface area (Å²) in [4.78, 5) is 14.5. The molecule has 0 radical (unpaired) electrons. The van der Waals surface area contributed by atoms with Crippen LogP contribution in [0.5, 0.6) is 0 Å². The van der Waals surface area contributed by atoms with Crippen molar-refractivity contribution in [2.75, 3.05) is 13.1 Å². The zero-order valence-corrected chi connectivity index (χ0v) is 10.4. The number of rotatable bonds is 4. The van der Waals surface area contributed by atoms with Crippen LogP contribution in [-0.2, 0) is 0 Å². The third kappa shape index (κ3) is 2.51. The van der Waals surface area contributed by atoms with Crippen molar-refractivity contribution in [1.82, 2.24) is 20.4 Å². The van der Waals surface area contributed by atoms with Crippen LogP contribution in [0.2, 0.25) is 0 Å². The normalized spacial score (nSPS) is 23.0. The predicted octanol–water partition coefficient (Wildman–Crippen LogP) is 0.833. The molecule has 1 aliphatic carbocycles. The monoisotopic (exact) mass is 246 g/mol. The minimum Gasteiger partial charge on any atom is -0.334 e. The van der Waals surface area contributed by atoms with Gasteiger partial charge in [0.1, 0.15) is 0 Å². The lowest BCUT2D eigenvalue weighted by molar-refractivity contribution is 0.0728. The smallest absolute Gasteiger partial charge is 0.255 e. The van der Waals surface area contributed by atoms with E-state index in [-0.39, 0.29) is 5.91 Å². The van der Waals surface area contributed by atoms with Crippen molar-refractivity contribution < 1.29 is 4.79 Å². The van der Waals surface area contributed by atoms with Gasteiger partial charge in [0.05, 0.1) is 18.0 Å². The molecule has 5 heteroatoms. The standard InChI is InChI=1S/C13H18N4O/c18-13(10-5-7-15-16-8-10)17(12-3-4-12)9-11-2-1-6-14-11/h5,7-8,11-12,14H,1-4,6,9H2. The summed E-state index contributed by atoms with van der Waals surface area (Å²) in [6, 6.07) is 2.64. The molecule has 1 saturated carbocycles. The van der Waals surface area contributed by atoms with Crippen molar-refractivity contribution in [1.29, 1.82) is 0 Å². The number of carbonyl (C=O) groups excluding carboxylic acids is 1. The molecule has 18 heavy (non-hydrogen) atoms. The topological polar surface area (TPSA) is 58.1 Å². The lowest BCUT2D eigenvalue weighted by Gasteiger charge is -2.25. The minimum atomic E-state index is 0.0982. The van der Waals surface area contributed by atoms with Gasteiger partial charge in [-0.1, -0.05) is 0 Å². The van der Waals surface area contributed by atoms with E-state index in [1.807, 2.05) is 4.90 Å². The summed E-state index contributed by atoms with van der Waals surface area (Å²) in [5.41, 5.74) is 0.648. The average Bonchev–Trinajstić information content (AvgIpc) is 3.13. The minimum absolute atomic E-state index is 0.0982. The molecule has 1 aliphatic heterocycles. The number of amides is 1. The second-order valence-electron chi connectivity index (χ2n) is 5.11. The maximum atomic E-state index is 12.4. The highest BCUT2D eigenvalue weighted by atomic mass is 16.2. The van der Waals surface area contributed by atoms with Crippen molar-refractivity contribution in [2.24, 2.45) is 0 Å². The van der Waals surface area contributed by atoms with Gasteiger partial charge in [-0.2, -0.15) is 10.2 Å². The molecule has 0 bridgehead atoms. The molecule has 2 heterocycles. The first-order chi connectivity index (χ1) is 8.84. The number of aromatic nitrogens is 2. The molecule has 1 saturated heterocycles. The summed E-state index contributed by atoms with van der Waals surface area (Å²) in [6.07, 6.45) is 7.79. The van der Waals surface area contributed by atoms with Gasteiger partial charge in [0, 0.05) is 18.6 Å². The Morgan fingerprint density at radius 1 is 1.39 bits per heavy atom. The maximum absolute atomic E-state index is 12.4. The van der Waals surface area contributed by atoms with Crippen molar-refractivity contribution >= 4 is 5.91 Å². The summed E-state index contributed by atoms with van der Waals surface area (Å²) in [5.74, 6) is 0.0982. The van der Waals surface area contributed by atoms with Gasteiger partial charge in [-0.15, -0.1) is 0 Å². The molecule has 1 unspecified atom stereocenters. The number of nitrogens with zero attached hydrogens (tertiary/aromatic N) is 3. The molecule has 1 N–H and O–H groups in total. The fourth-order valence-corrected chi connectivity index (χ4v) is 2.52. The molecule has 3 rings (SSSR count). The van der Waals surface area contributed by atoms with E-state index >= 15 is 0 Å². The largest absolute Gasteiger partial charge is 0.334 e. The summed E-state index contributed by atoms with van der Waals surface area (Å²) < 4.78 is 0. The number of nitrogens with one attached hydrogen (secondary N) is 1. The summed E-state index contributed by atoms with van der Waals surface area (Å²) in [6.45, 7) is 1.90. The quantitative estimate of drug-likeness (QED) is 0.855. The molecule has 5 nitrogen and oxygen atoms in total. The molecule has 2 aliphatic rings. The Balaban J connectivity index is 1.71. The van der Waals surface area contributed by atoms with Crippen LogP contribution < -0.4 is 5.32 Å². The second kappa shape index (κ2) is 5.02. The van der Waals surface area contributed by atoms with Gasteiger partial charge in [-0.25, -0.2) is 0 Å². The fraction of sp³-hybridized carbons (Fsp3) is 0.615. The van der Waals surface area contributed by atoms with Gasteiger partial charge in [0.25, 0.3) is 5.91 Å². The zero-order valence-electron chi connectivity index (χ0n) is 10.4. The highest BCUT2D eigenvalue weighted by molar-refractivity contribution is 5.94. The third-order valence-corrected chi connectivity index (χ3v) is 3.66. The number of hydrogen-bond acceptors (Lipinski definition) is 4. The summed E-state index contributed by atoms with van der Waals surface area (Å²) in [7, 11) is 0. The van der Waals surface area contributed by atoms with Gasteiger partial charge in [-0.05, 0) is 38.3 Å². The SMILES string of the molecule is O=C(c1ccnnc1)N(CC1CCCN1)C1CC1. The second-order valence-corrected chi connectivity index (χ2v) is 5.11. The Hall–Kier alpha value is -1.49. The molecule has 1 aromatic heterocycles. The number of hydrogen-bond donors (Lipinski definition) is 1. The Morgan fingerprint density at radius 2 is 2.28 bits per heavy atom. The van der Waals surface area contributed by atoms with E-state index in [9.17, 15) is 4.79 Å². The Morgan fingerprint density at radius 3 is 2.89 bits per heavy atom. The van der Waals surface area contributed by atoms with Gasteiger partial charge in [-0.3, -0.25) is 4.79 Å². The van der Waals surface area contributed by atoms with E-state index in [4.69, 9.17) is 0 Å². The Labute approximate surface area is 107 Å². The van der Waals surface area contributed by atoms with Crippen molar-refractivity contribution in [3.05, 3.63) is 24.0 Å². The van der Waals surface area contributed by atoms with Crippen LogP contribution in [0.3, 0.4) is 0 Å². The highest BCUT2D eigenvalue weighted by Gasteiger charge is 2.34. The molecular formula is C13H18N4O. The molecule has 1 atom stereocenters. The van der Waals surface area contributed by atoms with Crippen LogP contribution in [0.15, 0.2) is 18.5 Å². The molecule has 0 aromatic carbocycles. The van der Waals surface area contributed by atoms with Gasteiger partial charge < -0.3 is 10.2 Å². The Kier molecular flexibility index (Phi) is 3.23. The van der Waals surface area contributed by atoms with Crippen LogP contribution in [-0.4, -0.2) is 46.2 Å². The average molecular weight is 246 g/mol. The van der Waals surface area contributed by atoms with Crippen LogP contribution >= 0.6 is 0 Å². The van der Waals surface area contributed by atoms with Crippen molar-refractivity contribution in [2.45, 2.75) is 37.8 Å². The third-order valence-electron chi connectivity index (χ3n) is 3.66. The first-order valence-corrected chi connectivity index (χ1v) is 6.65. The first kappa shape index (κ1) is 11.6. The van der Waals surface area contributed by atoms with Crippen molar-refractivity contribution in [3.63, 3.8) is 0 Å². The van der Waals surface area contributed by atoms with Crippen LogP contribution in [0.4, 0.5) is 0 Å². The molecular weight excluding hydrogens is 228 g/mol. The van der Waals surface area contributed by atoms with E-state index in [0.29, 0.717) is 17.6 Å². The van der Waals surface area contributed by atoms with Gasteiger partial charge in [0.2, 0.25) is 0 Å². The first-order valence-electron chi connectivity index (χ1n) is 6.65. The van der Waals surface area contributed by atoms with Crippen LogP contribution in [0.1, 0.15) is 36.0 Å². The molecule has 1 aromatic rings. The van der Waals surface area contributed by atoms with E-state index < -0.39 is 0 Å². The lowest BCUT2D eigenvalue weighted by Crippen LogP contribution is -2.42. The molecule has 96 valence electrons. The number of carbonyl (C=O) groups is 1. The zero-order chi connectivity index (χ0) is 12.4. The van der Waals surface area contributed by atoms with E-state index in [1.54, 1.807) is 18.5 Å². The van der Waals surface area contributed by atoms with Crippen LogP contribution in [0, 0.1) is 0 Å². The predicted molar refractivity (Wildman–Crippen MR) is 67.1 cm³/mol. The summed E-state index contributed by atoms with van der Waals surface area (Å²) >= 11 is 0. The maximum Gasteiger partial charge on any atom is 0.255 e. The van der Waals surface area contributed by atoms with E-state index in [1.165, 1.54) is 12.8 Å². The van der Waals surface area contributed by atoms with Gasteiger partial charge in [0.15, 0.2) is 0 Å². The lowest BCUT2D eigenvalue weighted by atomic mass is 10.2. The van der Waals surface area contributed by atoms with E-state index in [0.717, 1.165) is 25.9 Å². The summed E-state index contributed by atoms with van der Waals surface area (Å²) in [5, 5.41) is 11.0. The molecule has 2 fully saturated rings. The molecule has 1 amide bonds. The van der Waals surface area contributed by atoms with Gasteiger partial charge >= 0.3 is 0 Å². The highest BCUT2D eigenvalue weighted by Crippen LogP contribution is 2.29. The molecule has 0 spiro atoms. The van der Waals surface area contributed by atoms with Crippen molar-refractivity contribution in [3.8, 4) is 0 Å². The fourth-order valence-electron chi connectivity index (χ4n) is 2.52. The van der Waals surface area contributed by atoms with E-state index in [2.05, 4.69) is 15.5 Å². The van der Waals surface area contributed by atoms with Crippen LogP contribution in [0.25, 0.3) is 0 Å². The Bertz CT molecular complexity index is 412.